The molecule has 1 aliphatic heterocycles. The van der Waals surface area contributed by atoms with Crippen LogP contribution in [-0.4, -0.2) is 39.7 Å². The maximum atomic E-state index is 13.5. The summed E-state index contributed by atoms with van der Waals surface area (Å²) in [4.78, 5) is 28.0. The highest BCUT2D eigenvalue weighted by Gasteiger charge is 2.34. The smallest absolute Gasteiger partial charge is 0.320 e. The highest BCUT2D eigenvalue weighted by molar-refractivity contribution is 9.10. The molecule has 0 atom stereocenters. The Morgan fingerprint density at radius 1 is 1.42 bits per heavy atom. The molecule has 0 fully saturated rings. The molecule has 0 radical (unpaired) electrons. The lowest BCUT2D eigenvalue weighted by molar-refractivity contribution is -0.136. The van der Waals surface area contributed by atoms with E-state index in [1.807, 2.05) is 0 Å². The van der Waals surface area contributed by atoms with Crippen LogP contribution < -0.4 is 10.2 Å². The Hall–Kier alpha value is -3.24. The number of carboxylic acid groups (broad SMARTS) is 1. The second-order valence-corrected chi connectivity index (χ2v) is 5.73. The Kier molecular flexibility index (Phi) is 4.96. The molecule has 10 nitrogen and oxygen atoms in total. The van der Waals surface area contributed by atoms with Crippen molar-refractivity contribution in [3.63, 3.8) is 0 Å². The molecule has 134 valence electrons. The van der Waals surface area contributed by atoms with Crippen LogP contribution in [0.3, 0.4) is 0 Å². The minimum absolute atomic E-state index is 0.0286. The molecule has 0 bridgehead atoms. The summed E-state index contributed by atoms with van der Waals surface area (Å²) in [5.41, 5.74) is 0.411. The number of nitrogens with one attached hydrogen (secondary N) is 1. The number of carboxylic acids is 1. The van der Waals surface area contributed by atoms with Crippen molar-refractivity contribution in [3.05, 3.63) is 40.1 Å². The SMILES string of the molecule is O=C=C1ON=C(c2nonc2NCCC(=O)O)N1c1ccc(F)c(Br)c1. The van der Waals surface area contributed by atoms with Gasteiger partial charge in [0.1, 0.15) is 5.82 Å². The molecule has 1 aliphatic rings. The molecular weight excluding hydrogens is 417 g/mol. The second-order valence-electron chi connectivity index (χ2n) is 4.88. The molecule has 3 rings (SSSR count). The molecule has 1 aromatic heterocycles. The summed E-state index contributed by atoms with van der Waals surface area (Å²) in [6.07, 6.45) is -0.163. The summed E-state index contributed by atoms with van der Waals surface area (Å²) in [6.45, 7) is 0.0587. The van der Waals surface area contributed by atoms with Gasteiger partial charge in [0.15, 0.2) is 11.6 Å². The first-order chi connectivity index (χ1) is 12.5. The zero-order chi connectivity index (χ0) is 18.7. The number of hydrogen-bond acceptors (Lipinski definition) is 9. The number of carbonyl (C=O) groups is 1. The zero-order valence-electron chi connectivity index (χ0n) is 12.8. The number of anilines is 2. The number of aromatic nitrogens is 2. The van der Waals surface area contributed by atoms with Crippen molar-refractivity contribution < 1.29 is 28.6 Å². The summed E-state index contributed by atoms with van der Waals surface area (Å²) < 4.78 is 18.3. The van der Waals surface area contributed by atoms with Gasteiger partial charge in [-0.05, 0) is 44.4 Å². The van der Waals surface area contributed by atoms with Crippen molar-refractivity contribution in [1.29, 1.82) is 0 Å². The number of halogens is 2. The monoisotopic (exact) mass is 425 g/mol. The molecule has 0 spiro atoms. The molecule has 0 amide bonds. The Bertz CT molecular complexity index is 940. The van der Waals surface area contributed by atoms with Crippen LogP contribution in [0, 0.1) is 5.82 Å². The predicted octanol–water partition coefficient (Wildman–Crippen LogP) is 1.73. The molecule has 0 saturated carbocycles. The third-order valence-electron chi connectivity index (χ3n) is 3.21. The van der Waals surface area contributed by atoms with Gasteiger partial charge >= 0.3 is 11.9 Å². The lowest BCUT2D eigenvalue weighted by Gasteiger charge is -2.16. The van der Waals surface area contributed by atoms with E-state index in [0.717, 1.165) is 0 Å². The van der Waals surface area contributed by atoms with Crippen LogP contribution in [-0.2, 0) is 14.4 Å². The number of nitrogens with zero attached hydrogens (tertiary/aromatic N) is 4. The van der Waals surface area contributed by atoms with Gasteiger partial charge in [-0.1, -0.05) is 5.16 Å². The van der Waals surface area contributed by atoms with E-state index in [9.17, 15) is 14.0 Å². The van der Waals surface area contributed by atoms with E-state index < -0.39 is 11.8 Å². The fourth-order valence-corrected chi connectivity index (χ4v) is 2.45. The van der Waals surface area contributed by atoms with Crippen molar-refractivity contribution >= 4 is 45.2 Å². The molecule has 26 heavy (non-hydrogen) atoms. The summed E-state index contributed by atoms with van der Waals surface area (Å²) in [5, 5.41) is 22.5. The summed E-state index contributed by atoms with van der Waals surface area (Å²) in [5.74, 6) is -0.0716. The van der Waals surface area contributed by atoms with Crippen molar-refractivity contribution in [3.8, 4) is 0 Å². The van der Waals surface area contributed by atoms with Gasteiger partial charge in [0, 0.05) is 6.54 Å². The van der Waals surface area contributed by atoms with E-state index >= 15 is 0 Å². The fourth-order valence-electron chi connectivity index (χ4n) is 2.08. The number of benzene rings is 1. The highest BCUT2D eigenvalue weighted by atomic mass is 79.9. The largest absolute Gasteiger partial charge is 0.481 e. The average molecular weight is 426 g/mol. The second kappa shape index (κ2) is 7.33. The molecule has 2 N–H and O–H groups in total. The Labute approximate surface area is 153 Å². The molecule has 0 unspecified atom stereocenters. The first-order valence-corrected chi connectivity index (χ1v) is 7.84. The van der Waals surface area contributed by atoms with Crippen LogP contribution in [0.5, 0.6) is 0 Å². The number of aliphatic carboxylic acids is 1. The number of oxime groups is 1. The van der Waals surface area contributed by atoms with Gasteiger partial charge in [-0.2, -0.15) is 0 Å². The number of carbonyl (C=O) groups excluding carboxylic acids is 1. The molecule has 0 saturated heterocycles. The Morgan fingerprint density at radius 3 is 2.92 bits per heavy atom. The van der Waals surface area contributed by atoms with Gasteiger partial charge in [-0.3, -0.25) is 4.79 Å². The topological polar surface area (TPSA) is 130 Å². The number of amidine groups is 1. The van der Waals surface area contributed by atoms with E-state index in [-0.39, 0.29) is 40.7 Å². The van der Waals surface area contributed by atoms with Gasteiger partial charge in [-0.25, -0.2) is 18.7 Å². The van der Waals surface area contributed by atoms with Crippen molar-refractivity contribution in [2.75, 3.05) is 16.8 Å². The van der Waals surface area contributed by atoms with E-state index in [0.29, 0.717) is 5.69 Å². The molecule has 2 heterocycles. The van der Waals surface area contributed by atoms with E-state index in [1.54, 1.807) is 5.94 Å². The van der Waals surface area contributed by atoms with Gasteiger partial charge in [0.25, 0.3) is 0 Å². The standard InChI is InChI=1S/C14H9BrFN5O5/c15-8-5-7(1-2-9(8)16)21-10(6-22)25-20-14(21)12-13(19-26-18-12)17-4-3-11(23)24/h1-2,5H,3-4H2,(H,17,19)(H,23,24). The predicted molar refractivity (Wildman–Crippen MR) is 88.4 cm³/mol. The summed E-state index contributed by atoms with van der Waals surface area (Å²) in [7, 11) is 0. The van der Waals surface area contributed by atoms with E-state index in [1.165, 1.54) is 23.1 Å². The molecule has 2 aromatic rings. The first-order valence-electron chi connectivity index (χ1n) is 7.05. The van der Waals surface area contributed by atoms with Crippen LogP contribution in [0.4, 0.5) is 15.9 Å². The van der Waals surface area contributed by atoms with Crippen molar-refractivity contribution in [2.45, 2.75) is 6.42 Å². The van der Waals surface area contributed by atoms with Crippen LogP contribution in [0.25, 0.3) is 0 Å². The molecule has 0 aliphatic carbocycles. The minimum atomic E-state index is -0.999. The Morgan fingerprint density at radius 2 is 2.23 bits per heavy atom. The molecule has 12 heteroatoms. The third-order valence-corrected chi connectivity index (χ3v) is 3.82. The fraction of sp³-hybridized carbons (Fsp3) is 0.143. The normalized spacial score (nSPS) is 13.2. The van der Waals surface area contributed by atoms with Crippen LogP contribution in [0.2, 0.25) is 0 Å². The van der Waals surface area contributed by atoms with E-state index in [2.05, 4.69) is 41.3 Å². The lowest BCUT2D eigenvalue weighted by Crippen LogP contribution is -2.28. The highest BCUT2D eigenvalue weighted by Crippen LogP contribution is 2.31. The average Bonchev–Trinajstić information content (AvgIpc) is 3.23. The Balaban J connectivity index is 1.94. The zero-order valence-corrected chi connectivity index (χ0v) is 14.4. The van der Waals surface area contributed by atoms with Gasteiger partial charge in [0.2, 0.25) is 11.7 Å². The van der Waals surface area contributed by atoms with Crippen molar-refractivity contribution in [1.82, 2.24) is 10.3 Å². The maximum Gasteiger partial charge on any atom is 0.320 e. The minimum Gasteiger partial charge on any atom is -0.481 e. The number of rotatable bonds is 6. The molecule has 1 aromatic carbocycles. The first kappa shape index (κ1) is 17.6. The van der Waals surface area contributed by atoms with E-state index in [4.69, 9.17) is 9.94 Å². The van der Waals surface area contributed by atoms with Gasteiger partial charge < -0.3 is 15.3 Å². The summed E-state index contributed by atoms with van der Waals surface area (Å²) >= 11 is 3.06. The number of hydrogen-bond donors (Lipinski definition) is 2. The lowest BCUT2D eigenvalue weighted by atomic mass is 10.2. The quantitative estimate of drug-likeness (QED) is 0.664. The third kappa shape index (κ3) is 3.41. The van der Waals surface area contributed by atoms with Crippen molar-refractivity contribution in [2.24, 2.45) is 5.16 Å². The van der Waals surface area contributed by atoms with Crippen LogP contribution >= 0.6 is 15.9 Å². The molecular formula is C14H9BrFN5O5. The summed E-state index contributed by atoms with van der Waals surface area (Å²) in [6, 6.07) is 3.99. The van der Waals surface area contributed by atoms with Crippen LogP contribution in [0.1, 0.15) is 12.1 Å². The van der Waals surface area contributed by atoms with Gasteiger partial charge in [0.05, 0.1) is 16.6 Å². The maximum absolute atomic E-state index is 13.5. The van der Waals surface area contributed by atoms with Crippen LogP contribution in [0.15, 0.2) is 38.3 Å². The van der Waals surface area contributed by atoms with Gasteiger partial charge in [-0.15, -0.1) is 0 Å².